The summed E-state index contributed by atoms with van der Waals surface area (Å²) in [6.07, 6.45) is 48.4. The van der Waals surface area contributed by atoms with Crippen LogP contribution in [0.3, 0.4) is 0 Å². The number of nitrogens with zero attached hydrogens (tertiary/aromatic N) is 1. The van der Waals surface area contributed by atoms with Crippen molar-refractivity contribution in [3.8, 4) is 0 Å². The van der Waals surface area contributed by atoms with Gasteiger partial charge in [0.05, 0.1) is 39.9 Å². The summed E-state index contributed by atoms with van der Waals surface area (Å²) in [6, 6.07) is -0.842. The van der Waals surface area contributed by atoms with Gasteiger partial charge < -0.3 is 19.8 Å². The molecule has 3 atom stereocenters. The van der Waals surface area contributed by atoms with Crippen LogP contribution in [0.15, 0.2) is 24.3 Å². The highest BCUT2D eigenvalue weighted by atomic mass is 31.2. The van der Waals surface area contributed by atoms with E-state index in [2.05, 4.69) is 31.3 Å². The number of hydrogen-bond donors (Lipinski definition) is 3. The molecule has 0 bridgehead atoms. The van der Waals surface area contributed by atoms with Crippen molar-refractivity contribution in [3.63, 3.8) is 0 Å². The van der Waals surface area contributed by atoms with Gasteiger partial charge in [-0.2, -0.15) is 0 Å². The number of phosphoric ester groups is 1. The lowest BCUT2D eigenvalue weighted by Crippen LogP contribution is -2.45. The van der Waals surface area contributed by atoms with E-state index in [1.807, 2.05) is 27.2 Å². The highest BCUT2D eigenvalue weighted by Crippen LogP contribution is 2.43. The van der Waals surface area contributed by atoms with Crippen LogP contribution >= 0.6 is 7.82 Å². The quantitative estimate of drug-likeness (QED) is 0.0244. The molecule has 338 valence electrons. The Morgan fingerprint density at radius 2 is 0.947 bits per heavy atom. The van der Waals surface area contributed by atoms with Gasteiger partial charge in [0, 0.05) is 6.42 Å². The lowest BCUT2D eigenvalue weighted by molar-refractivity contribution is -0.870. The minimum absolute atomic E-state index is 0.0628. The number of carbonyl (C=O) groups excluding carboxylic acids is 1. The van der Waals surface area contributed by atoms with E-state index < -0.39 is 20.0 Å². The number of unbranched alkanes of at least 4 members (excludes halogenated alkanes) is 29. The zero-order valence-corrected chi connectivity index (χ0v) is 39.2. The van der Waals surface area contributed by atoms with Gasteiger partial charge in [-0.1, -0.05) is 199 Å². The number of aliphatic hydroxyl groups excluding tert-OH is 1. The van der Waals surface area contributed by atoms with Crippen molar-refractivity contribution in [2.24, 2.45) is 0 Å². The predicted molar refractivity (Wildman–Crippen MR) is 245 cm³/mol. The molecular weight excluding hydrogens is 732 g/mol. The molecule has 3 N–H and O–H groups in total. The number of phosphoric acid groups is 1. The van der Waals surface area contributed by atoms with Crippen LogP contribution in [0.4, 0.5) is 0 Å². The van der Waals surface area contributed by atoms with Crippen molar-refractivity contribution in [3.05, 3.63) is 24.3 Å². The highest BCUT2D eigenvalue weighted by Gasteiger charge is 2.27. The molecule has 0 heterocycles. The Kier molecular flexibility index (Phi) is 39.7. The Balaban J connectivity index is 4.14. The number of rotatable bonds is 44. The Bertz CT molecular complexity index is 984. The lowest BCUT2D eigenvalue weighted by Gasteiger charge is -2.25. The number of likely N-dealkylation sites (N-methyl/N-ethyl adjacent to an activating group) is 1. The van der Waals surface area contributed by atoms with Crippen LogP contribution in [-0.2, 0) is 18.4 Å². The van der Waals surface area contributed by atoms with Crippen molar-refractivity contribution in [2.45, 2.75) is 238 Å². The van der Waals surface area contributed by atoms with Gasteiger partial charge in [0.15, 0.2) is 0 Å². The van der Waals surface area contributed by atoms with Crippen LogP contribution in [0, 0.1) is 0 Å². The monoisotopic (exact) mass is 828 g/mol. The molecule has 0 spiro atoms. The molecule has 0 aromatic carbocycles. The molecule has 8 nitrogen and oxygen atoms in total. The summed E-state index contributed by atoms with van der Waals surface area (Å²) >= 11 is 0. The molecule has 0 aliphatic carbocycles. The van der Waals surface area contributed by atoms with E-state index in [0.29, 0.717) is 17.4 Å². The fourth-order valence-electron chi connectivity index (χ4n) is 7.04. The number of amides is 1. The third-order valence-electron chi connectivity index (χ3n) is 10.9. The number of hydrogen-bond acceptors (Lipinski definition) is 5. The first-order valence-electron chi connectivity index (χ1n) is 24.2. The molecule has 1 amide bonds. The van der Waals surface area contributed by atoms with Gasteiger partial charge in [0.2, 0.25) is 5.91 Å². The summed E-state index contributed by atoms with van der Waals surface area (Å²) in [6.45, 7) is 4.80. The van der Waals surface area contributed by atoms with Gasteiger partial charge in [0.25, 0.3) is 0 Å². The Labute approximate surface area is 354 Å². The molecule has 0 rings (SSSR count). The van der Waals surface area contributed by atoms with Crippen molar-refractivity contribution < 1.29 is 32.9 Å². The molecule has 0 saturated carbocycles. The molecule has 57 heavy (non-hydrogen) atoms. The third-order valence-corrected chi connectivity index (χ3v) is 11.9. The summed E-state index contributed by atoms with van der Waals surface area (Å²) in [5, 5.41) is 13.8. The number of aliphatic hydroxyl groups is 1. The molecule has 0 fully saturated rings. The van der Waals surface area contributed by atoms with Crippen LogP contribution in [-0.4, -0.2) is 73.4 Å². The SMILES string of the molecule is CCCCCCCCCC/C=C\CCCCCCCCCCCCCCCC(=O)NC(COP(=O)(O)OCC[N+](C)(C)C)C(O)/C=C/CCCCCCCCCC. The first kappa shape index (κ1) is 56.0. The average molecular weight is 828 g/mol. The molecular formula is C48H96N2O6P+. The molecule has 0 aromatic heterocycles. The summed E-state index contributed by atoms with van der Waals surface area (Å²) in [5.74, 6) is -0.177. The van der Waals surface area contributed by atoms with Crippen molar-refractivity contribution in [1.29, 1.82) is 0 Å². The van der Waals surface area contributed by atoms with Crippen molar-refractivity contribution >= 4 is 13.7 Å². The van der Waals surface area contributed by atoms with E-state index in [0.717, 1.165) is 38.5 Å². The van der Waals surface area contributed by atoms with Gasteiger partial charge in [-0.3, -0.25) is 13.8 Å². The van der Waals surface area contributed by atoms with Crippen LogP contribution < -0.4 is 5.32 Å². The summed E-state index contributed by atoms with van der Waals surface area (Å²) in [4.78, 5) is 23.1. The lowest BCUT2D eigenvalue weighted by atomic mass is 10.0. The van der Waals surface area contributed by atoms with Crippen molar-refractivity contribution in [2.75, 3.05) is 40.9 Å². The molecule has 3 unspecified atom stereocenters. The Morgan fingerprint density at radius 3 is 1.35 bits per heavy atom. The predicted octanol–water partition coefficient (Wildman–Crippen LogP) is 13.7. The van der Waals surface area contributed by atoms with E-state index >= 15 is 0 Å². The maximum Gasteiger partial charge on any atom is 0.472 e. The van der Waals surface area contributed by atoms with Crippen LogP contribution in [0.2, 0.25) is 0 Å². The van der Waals surface area contributed by atoms with Gasteiger partial charge in [-0.15, -0.1) is 0 Å². The van der Waals surface area contributed by atoms with Gasteiger partial charge in [0.1, 0.15) is 13.2 Å². The van der Waals surface area contributed by atoms with Crippen LogP contribution in [0.5, 0.6) is 0 Å². The highest BCUT2D eigenvalue weighted by molar-refractivity contribution is 7.47. The average Bonchev–Trinajstić information content (AvgIpc) is 3.16. The second-order valence-electron chi connectivity index (χ2n) is 17.8. The minimum Gasteiger partial charge on any atom is -0.387 e. The maximum absolute atomic E-state index is 12.9. The number of quaternary nitrogens is 1. The summed E-state index contributed by atoms with van der Waals surface area (Å²) in [5.41, 5.74) is 0. The van der Waals surface area contributed by atoms with Gasteiger partial charge in [-0.25, -0.2) is 4.57 Å². The van der Waals surface area contributed by atoms with E-state index in [9.17, 15) is 19.4 Å². The normalized spacial score (nSPS) is 14.4. The fraction of sp³-hybridized carbons (Fsp3) is 0.896. The van der Waals surface area contributed by atoms with Gasteiger partial charge >= 0.3 is 7.82 Å². The number of nitrogens with one attached hydrogen (secondary N) is 1. The first-order valence-corrected chi connectivity index (χ1v) is 25.7. The second kappa shape index (κ2) is 40.4. The first-order chi connectivity index (χ1) is 27.5. The summed E-state index contributed by atoms with van der Waals surface area (Å²) in [7, 11) is 1.58. The Morgan fingerprint density at radius 1 is 0.579 bits per heavy atom. The number of carbonyl (C=O) groups is 1. The maximum atomic E-state index is 12.9. The summed E-state index contributed by atoms with van der Waals surface area (Å²) < 4.78 is 23.5. The van der Waals surface area contributed by atoms with Crippen LogP contribution in [0.25, 0.3) is 0 Å². The molecule has 0 aliphatic heterocycles. The van der Waals surface area contributed by atoms with E-state index in [4.69, 9.17) is 9.05 Å². The van der Waals surface area contributed by atoms with Gasteiger partial charge in [-0.05, 0) is 44.9 Å². The van der Waals surface area contributed by atoms with Crippen LogP contribution in [0.1, 0.15) is 226 Å². The van der Waals surface area contributed by atoms with E-state index in [1.54, 1.807) is 6.08 Å². The zero-order valence-electron chi connectivity index (χ0n) is 38.3. The molecule has 9 heteroatoms. The standard InChI is InChI=1S/C48H95N2O6P/c1-6-8-10-12-14-16-18-19-20-21-22-23-24-25-26-27-28-29-30-31-32-34-36-38-40-42-48(52)49-46(45-56-57(53,54)55-44-43-50(3,4)5)47(51)41-39-37-35-33-17-15-13-11-9-7-2/h21-22,39,41,46-47,51H,6-20,23-38,40,42-45H2,1-5H3,(H-,49,52,53,54)/p+1/b22-21-,41-39+. The topological polar surface area (TPSA) is 105 Å². The molecule has 0 aliphatic rings. The van der Waals surface area contributed by atoms with E-state index in [1.165, 1.54) is 167 Å². The number of allylic oxidation sites excluding steroid dienone is 3. The minimum atomic E-state index is -4.33. The third kappa shape index (κ3) is 42.9. The zero-order chi connectivity index (χ0) is 42.1. The molecule has 0 aromatic rings. The Hall–Kier alpha value is -1.02. The van der Waals surface area contributed by atoms with E-state index in [-0.39, 0.29) is 19.1 Å². The molecule has 0 saturated heterocycles. The smallest absolute Gasteiger partial charge is 0.387 e. The van der Waals surface area contributed by atoms with Crippen molar-refractivity contribution in [1.82, 2.24) is 5.32 Å². The fourth-order valence-corrected chi connectivity index (χ4v) is 7.77. The second-order valence-corrected chi connectivity index (χ2v) is 19.3. The molecule has 0 radical (unpaired) electrons. The largest absolute Gasteiger partial charge is 0.472 e.